The summed E-state index contributed by atoms with van der Waals surface area (Å²) in [6, 6.07) is 15.2. The summed E-state index contributed by atoms with van der Waals surface area (Å²) in [4.78, 5) is 30.4. The van der Waals surface area contributed by atoms with Crippen LogP contribution < -0.4 is 20.3 Å². The number of fused-ring (bicyclic) bond motifs is 1. The third-order valence-corrected chi connectivity index (χ3v) is 7.06. The van der Waals surface area contributed by atoms with Crippen molar-refractivity contribution in [1.29, 1.82) is 0 Å². The van der Waals surface area contributed by atoms with Crippen molar-refractivity contribution in [3.63, 3.8) is 0 Å². The number of carbonyl (C=O) groups excluding carboxylic acids is 1. The van der Waals surface area contributed by atoms with Gasteiger partial charge in [-0.2, -0.15) is 0 Å². The molecule has 0 fully saturated rings. The van der Waals surface area contributed by atoms with Crippen LogP contribution in [-0.4, -0.2) is 42.0 Å². The van der Waals surface area contributed by atoms with E-state index in [2.05, 4.69) is 10.3 Å². The molecule has 7 nitrogen and oxygen atoms in total. The standard InChI is InChI=1S/C25H25N3O4S2/c1-16-5-4-6-18(13-16)28-24(30)23-19(10-12-33-23)27-25(28)34-15-22(29)26-11-9-17-7-8-20(31-2)21(14-17)32-3/h4-8,10,12-14H,9,11,15H2,1-3H3,(H,26,29). The number of rotatable bonds is 9. The van der Waals surface area contributed by atoms with Crippen molar-refractivity contribution >= 4 is 39.2 Å². The van der Waals surface area contributed by atoms with Crippen molar-refractivity contribution in [2.75, 3.05) is 26.5 Å². The zero-order valence-electron chi connectivity index (χ0n) is 19.2. The van der Waals surface area contributed by atoms with E-state index in [1.54, 1.807) is 18.8 Å². The molecule has 0 aliphatic carbocycles. The number of nitrogens with zero attached hydrogens (tertiary/aromatic N) is 2. The summed E-state index contributed by atoms with van der Waals surface area (Å²) in [5, 5.41) is 5.29. The van der Waals surface area contributed by atoms with Crippen LogP contribution in [0.25, 0.3) is 15.9 Å². The highest BCUT2D eigenvalue weighted by Gasteiger charge is 2.16. The summed E-state index contributed by atoms with van der Waals surface area (Å²) in [7, 11) is 3.19. The van der Waals surface area contributed by atoms with Gasteiger partial charge < -0.3 is 14.8 Å². The highest BCUT2D eigenvalue weighted by Crippen LogP contribution is 2.28. The van der Waals surface area contributed by atoms with E-state index in [4.69, 9.17) is 9.47 Å². The van der Waals surface area contributed by atoms with Crippen molar-refractivity contribution in [2.45, 2.75) is 18.5 Å². The van der Waals surface area contributed by atoms with Crippen molar-refractivity contribution in [1.82, 2.24) is 14.9 Å². The molecule has 1 amide bonds. The third-order valence-electron chi connectivity index (χ3n) is 5.23. The Morgan fingerprint density at radius 2 is 1.94 bits per heavy atom. The molecule has 4 rings (SSSR count). The van der Waals surface area contributed by atoms with Gasteiger partial charge in [-0.25, -0.2) is 4.98 Å². The molecule has 0 aliphatic heterocycles. The topological polar surface area (TPSA) is 82.5 Å². The first kappa shape index (κ1) is 23.8. The molecule has 2 aromatic carbocycles. The normalized spacial score (nSPS) is 10.9. The molecule has 4 aromatic rings. The Kier molecular flexibility index (Phi) is 7.54. The lowest BCUT2D eigenvalue weighted by molar-refractivity contribution is -0.118. The van der Waals surface area contributed by atoms with E-state index in [0.29, 0.717) is 39.8 Å². The molecule has 2 aromatic heterocycles. The van der Waals surface area contributed by atoms with Crippen molar-refractivity contribution in [2.24, 2.45) is 0 Å². The number of benzene rings is 2. The molecule has 0 saturated heterocycles. The number of thiophene rings is 1. The molecule has 0 unspecified atom stereocenters. The molecular weight excluding hydrogens is 470 g/mol. The minimum absolute atomic E-state index is 0.123. The number of aromatic nitrogens is 2. The van der Waals surface area contributed by atoms with Gasteiger partial charge in [0, 0.05) is 6.54 Å². The Bertz CT molecular complexity index is 1380. The van der Waals surface area contributed by atoms with Gasteiger partial charge in [0.2, 0.25) is 5.91 Å². The van der Waals surface area contributed by atoms with Gasteiger partial charge in [-0.15, -0.1) is 11.3 Å². The third kappa shape index (κ3) is 5.26. The zero-order valence-corrected chi connectivity index (χ0v) is 20.8. The maximum Gasteiger partial charge on any atom is 0.276 e. The summed E-state index contributed by atoms with van der Waals surface area (Å²) in [6.45, 7) is 2.46. The van der Waals surface area contributed by atoms with Gasteiger partial charge in [0.15, 0.2) is 16.7 Å². The predicted octanol–water partition coefficient (Wildman–Crippen LogP) is 4.22. The number of carbonyl (C=O) groups is 1. The second-order valence-corrected chi connectivity index (χ2v) is 9.45. The number of hydrogen-bond donors (Lipinski definition) is 1. The molecule has 0 spiro atoms. The maximum absolute atomic E-state index is 13.2. The number of thioether (sulfide) groups is 1. The molecule has 1 N–H and O–H groups in total. The molecule has 9 heteroatoms. The lowest BCUT2D eigenvalue weighted by Gasteiger charge is -2.13. The monoisotopic (exact) mass is 495 g/mol. The first-order valence-corrected chi connectivity index (χ1v) is 12.5. The van der Waals surface area contributed by atoms with E-state index >= 15 is 0 Å². The van der Waals surface area contributed by atoms with Gasteiger partial charge in [0.25, 0.3) is 5.56 Å². The van der Waals surface area contributed by atoms with E-state index in [0.717, 1.165) is 16.8 Å². The predicted molar refractivity (Wildman–Crippen MR) is 137 cm³/mol. The van der Waals surface area contributed by atoms with Crippen LogP contribution in [0.5, 0.6) is 11.5 Å². The van der Waals surface area contributed by atoms with E-state index in [1.165, 1.54) is 23.1 Å². The van der Waals surface area contributed by atoms with Gasteiger partial charge in [-0.3, -0.25) is 14.2 Å². The van der Waals surface area contributed by atoms with Crippen molar-refractivity contribution in [3.8, 4) is 17.2 Å². The molecule has 0 bridgehead atoms. The van der Waals surface area contributed by atoms with Crippen LogP contribution in [0.15, 0.2) is 63.9 Å². The van der Waals surface area contributed by atoms with Gasteiger partial charge >= 0.3 is 0 Å². The second kappa shape index (κ2) is 10.8. The molecule has 176 valence electrons. The minimum atomic E-state index is -0.124. The summed E-state index contributed by atoms with van der Waals surface area (Å²) < 4.78 is 12.8. The molecule has 0 aliphatic rings. The van der Waals surface area contributed by atoms with Crippen molar-refractivity contribution < 1.29 is 14.3 Å². The van der Waals surface area contributed by atoms with Crippen molar-refractivity contribution in [3.05, 3.63) is 75.4 Å². The maximum atomic E-state index is 13.2. The molecule has 0 radical (unpaired) electrons. The number of ether oxygens (including phenoxy) is 2. The first-order valence-electron chi connectivity index (χ1n) is 10.7. The van der Waals surface area contributed by atoms with Crippen LogP contribution in [0.3, 0.4) is 0 Å². The average Bonchev–Trinajstić information content (AvgIpc) is 3.31. The van der Waals surface area contributed by atoms with Crippen LogP contribution >= 0.6 is 23.1 Å². The molecule has 2 heterocycles. The van der Waals surface area contributed by atoms with E-state index < -0.39 is 0 Å². The number of amides is 1. The smallest absolute Gasteiger partial charge is 0.276 e. The lowest BCUT2D eigenvalue weighted by atomic mass is 10.1. The van der Waals surface area contributed by atoms with Crippen LogP contribution in [0.1, 0.15) is 11.1 Å². The van der Waals surface area contributed by atoms with Gasteiger partial charge in [-0.05, 0) is 60.2 Å². The molecule has 0 saturated carbocycles. The quantitative estimate of drug-likeness (QED) is 0.277. The van der Waals surface area contributed by atoms with E-state index in [9.17, 15) is 9.59 Å². The molecular formula is C25H25N3O4S2. The Balaban J connectivity index is 1.44. The van der Waals surface area contributed by atoms with Crippen LogP contribution in [0, 0.1) is 6.92 Å². The summed E-state index contributed by atoms with van der Waals surface area (Å²) in [6.07, 6.45) is 0.657. The Morgan fingerprint density at radius 1 is 1.12 bits per heavy atom. The van der Waals surface area contributed by atoms with E-state index in [1.807, 2.05) is 60.8 Å². The largest absolute Gasteiger partial charge is 0.493 e. The highest BCUT2D eigenvalue weighted by molar-refractivity contribution is 7.99. The zero-order chi connectivity index (χ0) is 24.1. The first-order chi connectivity index (χ1) is 16.5. The number of hydrogen-bond acceptors (Lipinski definition) is 7. The van der Waals surface area contributed by atoms with Gasteiger partial charge in [0.1, 0.15) is 4.70 Å². The van der Waals surface area contributed by atoms with Crippen LogP contribution in [0.2, 0.25) is 0 Å². The molecule has 34 heavy (non-hydrogen) atoms. The fourth-order valence-corrected chi connectivity index (χ4v) is 5.15. The van der Waals surface area contributed by atoms with Gasteiger partial charge in [-0.1, -0.05) is 30.0 Å². The number of aryl methyl sites for hydroxylation is 1. The number of methoxy groups -OCH3 is 2. The fraction of sp³-hybridized carbons (Fsp3) is 0.240. The Morgan fingerprint density at radius 3 is 2.71 bits per heavy atom. The van der Waals surface area contributed by atoms with E-state index in [-0.39, 0.29) is 17.2 Å². The number of nitrogens with one attached hydrogen (secondary N) is 1. The minimum Gasteiger partial charge on any atom is -0.493 e. The summed E-state index contributed by atoms with van der Waals surface area (Å²) in [5.74, 6) is 1.35. The lowest BCUT2D eigenvalue weighted by Crippen LogP contribution is -2.28. The Hall–Kier alpha value is -3.30. The fourth-order valence-electron chi connectivity index (χ4n) is 3.55. The van der Waals surface area contributed by atoms with Crippen LogP contribution in [0.4, 0.5) is 0 Å². The SMILES string of the molecule is COc1ccc(CCNC(=O)CSc2nc3ccsc3c(=O)n2-c2cccc(C)c2)cc1OC. The van der Waals surface area contributed by atoms with Crippen LogP contribution in [-0.2, 0) is 11.2 Å². The summed E-state index contributed by atoms with van der Waals surface area (Å²) in [5.41, 5.74) is 3.34. The Labute approximate surface area is 205 Å². The highest BCUT2D eigenvalue weighted by atomic mass is 32.2. The average molecular weight is 496 g/mol. The molecule has 0 atom stereocenters. The van der Waals surface area contributed by atoms with Gasteiger partial charge in [0.05, 0.1) is 31.2 Å². The summed E-state index contributed by atoms with van der Waals surface area (Å²) >= 11 is 2.63. The second-order valence-electron chi connectivity index (χ2n) is 7.59.